The molecule has 0 radical (unpaired) electrons. The van der Waals surface area contributed by atoms with Crippen LogP contribution in [0.4, 0.5) is 0 Å². The maximum absolute atomic E-state index is 12.0. The number of hydrogen-bond acceptors (Lipinski definition) is 4. The average Bonchev–Trinajstić information content (AvgIpc) is 2.45. The van der Waals surface area contributed by atoms with Crippen LogP contribution in [0.5, 0.6) is 0 Å². The van der Waals surface area contributed by atoms with Gasteiger partial charge in [-0.05, 0) is 31.2 Å². The second kappa shape index (κ2) is 6.02. The van der Waals surface area contributed by atoms with Gasteiger partial charge in [-0.3, -0.25) is 4.98 Å². The number of hydrogen-bond donors (Lipinski definition) is 1. The van der Waals surface area contributed by atoms with Crippen LogP contribution in [0, 0.1) is 6.92 Å². The molecule has 1 heterocycles. The molecular formula is C13H12ClN3O2S. The molecule has 0 atom stereocenters. The zero-order valence-electron chi connectivity index (χ0n) is 11.5. The summed E-state index contributed by atoms with van der Waals surface area (Å²) in [5.41, 5.74) is 1.12. The Kier molecular flexibility index (Phi) is 3.94. The van der Waals surface area contributed by atoms with E-state index in [1.807, 2.05) is 11.8 Å². The highest BCUT2D eigenvalue weighted by Gasteiger charge is 2.11. The number of halogens is 1. The molecule has 0 amide bonds. The summed E-state index contributed by atoms with van der Waals surface area (Å²) in [7, 11) is -3.81. The Morgan fingerprint density at radius 2 is 2.05 bits per heavy atom. The fourth-order valence-electron chi connectivity index (χ4n) is 1.38. The molecule has 0 spiro atoms. The third-order valence-corrected chi connectivity index (χ3v) is 3.85. The van der Waals surface area contributed by atoms with Crippen molar-refractivity contribution < 1.29 is 9.79 Å². The van der Waals surface area contributed by atoms with E-state index in [1.54, 1.807) is 18.2 Å². The maximum atomic E-state index is 12.0. The van der Waals surface area contributed by atoms with E-state index in [0.29, 0.717) is 5.02 Å². The van der Waals surface area contributed by atoms with Gasteiger partial charge < -0.3 is 0 Å². The number of aryl methyl sites for hydroxylation is 1. The smallest absolute Gasteiger partial charge is 0.255 e. The Morgan fingerprint density at radius 3 is 2.70 bits per heavy atom. The van der Waals surface area contributed by atoms with Crippen molar-refractivity contribution in [3.8, 4) is 0 Å². The Balaban J connectivity index is 2.21. The summed E-state index contributed by atoms with van der Waals surface area (Å²) < 4.78 is 31.7. The van der Waals surface area contributed by atoms with Gasteiger partial charge in [0.05, 0.1) is 18.2 Å². The van der Waals surface area contributed by atoms with E-state index in [0.717, 1.165) is 5.56 Å². The molecule has 0 aliphatic rings. The van der Waals surface area contributed by atoms with E-state index in [2.05, 4.69) is 10.1 Å². The topological polar surface area (TPSA) is 71.4 Å². The van der Waals surface area contributed by atoms with E-state index < -0.39 is 10.0 Å². The van der Waals surface area contributed by atoms with Crippen molar-refractivity contribution in [2.75, 3.05) is 0 Å². The molecule has 0 saturated carbocycles. The molecule has 0 aliphatic carbocycles. The first kappa shape index (κ1) is 13.1. The highest BCUT2D eigenvalue weighted by molar-refractivity contribution is 7.89. The Bertz CT molecular complexity index is 776. The highest BCUT2D eigenvalue weighted by atomic mass is 35.5. The predicted octanol–water partition coefficient (Wildman–Crippen LogP) is 2.36. The third kappa shape index (κ3) is 3.79. The van der Waals surface area contributed by atoms with Gasteiger partial charge in [0, 0.05) is 11.2 Å². The molecule has 2 aromatic rings. The lowest BCUT2D eigenvalue weighted by atomic mass is 10.2. The number of sulfonamides is 1. The van der Waals surface area contributed by atoms with Crippen molar-refractivity contribution in [2.45, 2.75) is 11.8 Å². The molecule has 1 aromatic heterocycles. The molecule has 7 heteroatoms. The number of nitrogens with zero attached hydrogens (tertiary/aromatic N) is 2. The van der Waals surface area contributed by atoms with Crippen LogP contribution >= 0.6 is 11.6 Å². The van der Waals surface area contributed by atoms with Crippen molar-refractivity contribution in [1.29, 1.82) is 0 Å². The number of hydrazone groups is 1. The van der Waals surface area contributed by atoms with E-state index in [1.165, 1.54) is 24.4 Å². The second-order valence-electron chi connectivity index (χ2n) is 3.99. The lowest BCUT2D eigenvalue weighted by Crippen LogP contribution is -2.18. The lowest BCUT2D eigenvalue weighted by molar-refractivity contribution is 0.584. The van der Waals surface area contributed by atoms with Gasteiger partial charge in [-0.25, -0.2) is 4.83 Å². The first-order chi connectivity index (χ1) is 9.88. The quantitative estimate of drug-likeness (QED) is 0.696. The number of nitrogens with one attached hydrogen (secondary N) is 1. The molecule has 5 nitrogen and oxygen atoms in total. The van der Waals surface area contributed by atoms with Crippen LogP contribution < -0.4 is 4.83 Å². The standard InChI is InChI=1S/C13H12ClN3O2S/c1-10-2-4-13(5-3-10)20(18,19)17-16-9-12-8-11(14)6-7-15-12/h2-9,17H,1H3/i9D. The fourth-order valence-corrected chi connectivity index (χ4v) is 2.30. The number of pyridine rings is 1. The van der Waals surface area contributed by atoms with Crippen LogP contribution in [0.1, 0.15) is 12.6 Å². The Labute approximate surface area is 123 Å². The molecule has 104 valence electrons. The summed E-state index contributed by atoms with van der Waals surface area (Å²) in [6.45, 7) is 1.86. The van der Waals surface area contributed by atoms with E-state index in [-0.39, 0.29) is 16.8 Å². The Morgan fingerprint density at radius 1 is 1.35 bits per heavy atom. The summed E-state index contributed by atoms with van der Waals surface area (Å²) in [5, 5.41) is 3.92. The highest BCUT2D eigenvalue weighted by Crippen LogP contribution is 2.10. The Hall–Kier alpha value is -1.92. The van der Waals surface area contributed by atoms with Crippen molar-refractivity contribution in [1.82, 2.24) is 9.82 Å². The average molecular weight is 311 g/mol. The third-order valence-electron chi connectivity index (χ3n) is 2.39. The molecule has 0 unspecified atom stereocenters. The molecule has 0 bridgehead atoms. The minimum absolute atomic E-state index is 0.0729. The van der Waals surface area contributed by atoms with Crippen molar-refractivity contribution >= 4 is 27.8 Å². The van der Waals surface area contributed by atoms with Gasteiger partial charge in [0.15, 0.2) is 0 Å². The number of benzene rings is 1. The van der Waals surface area contributed by atoms with Crippen LogP contribution in [-0.2, 0) is 10.0 Å². The lowest BCUT2D eigenvalue weighted by Gasteiger charge is -2.03. The van der Waals surface area contributed by atoms with Crippen LogP contribution in [0.2, 0.25) is 5.02 Å². The molecule has 1 aromatic carbocycles. The minimum Gasteiger partial charge on any atom is -0.255 e. The molecule has 1 N–H and O–H groups in total. The number of aromatic nitrogens is 1. The van der Waals surface area contributed by atoms with Crippen molar-refractivity contribution in [3.05, 3.63) is 58.9 Å². The number of rotatable bonds is 4. The zero-order valence-corrected chi connectivity index (χ0v) is 12.1. The second-order valence-corrected chi connectivity index (χ2v) is 6.09. The zero-order chi connectivity index (χ0) is 15.5. The van der Waals surface area contributed by atoms with Crippen LogP contribution in [-0.4, -0.2) is 19.6 Å². The van der Waals surface area contributed by atoms with E-state index in [4.69, 9.17) is 13.0 Å². The van der Waals surface area contributed by atoms with Gasteiger partial charge in [0.2, 0.25) is 0 Å². The van der Waals surface area contributed by atoms with E-state index >= 15 is 0 Å². The molecule has 0 aliphatic heterocycles. The SMILES string of the molecule is [2H]C(=NNS(=O)(=O)c1ccc(C)cc1)c1cc(Cl)ccn1. The first-order valence-corrected chi connectivity index (χ1v) is 7.49. The van der Waals surface area contributed by atoms with Crippen LogP contribution in [0.15, 0.2) is 52.6 Å². The maximum Gasteiger partial charge on any atom is 0.276 e. The molecular weight excluding hydrogens is 298 g/mol. The minimum atomic E-state index is -3.81. The first-order valence-electron chi connectivity index (χ1n) is 6.13. The summed E-state index contributed by atoms with van der Waals surface area (Å²) in [4.78, 5) is 5.96. The molecule has 0 fully saturated rings. The van der Waals surface area contributed by atoms with Gasteiger partial charge in [-0.1, -0.05) is 29.3 Å². The van der Waals surface area contributed by atoms with Crippen molar-refractivity contribution in [2.24, 2.45) is 5.10 Å². The van der Waals surface area contributed by atoms with Gasteiger partial charge in [-0.15, -0.1) is 0 Å². The molecule has 0 saturated heterocycles. The van der Waals surface area contributed by atoms with Gasteiger partial charge in [-0.2, -0.15) is 13.5 Å². The monoisotopic (exact) mass is 310 g/mol. The summed E-state index contributed by atoms with van der Waals surface area (Å²) in [6.07, 6.45) is 1.09. The van der Waals surface area contributed by atoms with Crippen LogP contribution in [0.25, 0.3) is 0 Å². The largest absolute Gasteiger partial charge is 0.276 e. The van der Waals surface area contributed by atoms with Crippen molar-refractivity contribution in [3.63, 3.8) is 0 Å². The normalized spacial score (nSPS) is 12.9. The summed E-state index contributed by atoms with van der Waals surface area (Å²) >= 11 is 5.77. The fraction of sp³-hybridized carbons (Fsp3) is 0.0769. The van der Waals surface area contributed by atoms with E-state index in [9.17, 15) is 8.42 Å². The predicted molar refractivity (Wildman–Crippen MR) is 78.3 cm³/mol. The van der Waals surface area contributed by atoms with Crippen LogP contribution in [0.3, 0.4) is 0 Å². The summed E-state index contributed by atoms with van der Waals surface area (Å²) in [5.74, 6) is 0. The van der Waals surface area contributed by atoms with Gasteiger partial charge >= 0.3 is 0 Å². The van der Waals surface area contributed by atoms with Gasteiger partial charge in [0.1, 0.15) is 0 Å². The van der Waals surface area contributed by atoms with Gasteiger partial charge in [0.25, 0.3) is 10.0 Å². The summed E-state index contributed by atoms with van der Waals surface area (Å²) in [6, 6.07) is 9.27. The molecule has 20 heavy (non-hydrogen) atoms. The molecule has 2 rings (SSSR count).